The van der Waals surface area contributed by atoms with Crippen LogP contribution in [0, 0.1) is 11.8 Å². The second kappa shape index (κ2) is 12.3. The summed E-state index contributed by atoms with van der Waals surface area (Å²) in [4.78, 5) is 30.7. The molecule has 2 heterocycles. The highest BCUT2D eigenvalue weighted by atomic mass is 19.4. The van der Waals surface area contributed by atoms with Gasteiger partial charge in [0, 0.05) is 28.9 Å². The Bertz CT molecular complexity index is 1570. The summed E-state index contributed by atoms with van der Waals surface area (Å²) in [5.74, 6) is 2.58. The standard InChI is InChI=1S/C26H18F3N3O.C2HF3O2/c1-2-5-18-7-4-15-31-23(18)24(19-10-12-21(13-11-19)26(27,28)29)32-25(33)20-9-8-17-6-3-14-30-22(17)16-20;3-2(4,5)1(6)7/h3-4,6-16,24H,1H3,(H,32,33);(H,6,7)/t24-;/m0./s1. The van der Waals surface area contributed by atoms with Crippen LogP contribution in [0.3, 0.4) is 0 Å². The Hall–Kier alpha value is -4.92. The minimum Gasteiger partial charge on any atom is -0.475 e. The molecule has 0 radical (unpaired) electrons. The quantitative estimate of drug-likeness (QED) is 0.230. The van der Waals surface area contributed by atoms with Gasteiger partial charge in [0.05, 0.1) is 22.8 Å². The lowest BCUT2D eigenvalue weighted by Gasteiger charge is -2.21. The molecule has 0 aliphatic heterocycles. The van der Waals surface area contributed by atoms with Crippen LogP contribution in [-0.2, 0) is 11.0 Å². The van der Waals surface area contributed by atoms with Crippen LogP contribution in [0.2, 0.25) is 0 Å². The van der Waals surface area contributed by atoms with Crippen molar-refractivity contribution in [1.29, 1.82) is 0 Å². The van der Waals surface area contributed by atoms with Gasteiger partial charge in [-0.25, -0.2) is 4.79 Å². The lowest BCUT2D eigenvalue weighted by Crippen LogP contribution is -2.30. The number of rotatable bonds is 4. The van der Waals surface area contributed by atoms with E-state index < -0.39 is 35.8 Å². The van der Waals surface area contributed by atoms with Crippen LogP contribution in [0.5, 0.6) is 0 Å². The minimum absolute atomic E-state index is 0.372. The van der Waals surface area contributed by atoms with E-state index in [9.17, 15) is 31.1 Å². The molecule has 2 aromatic carbocycles. The number of carbonyl (C=O) groups is 2. The Morgan fingerprint density at radius 2 is 1.52 bits per heavy atom. The van der Waals surface area contributed by atoms with E-state index in [-0.39, 0.29) is 0 Å². The predicted octanol–water partition coefficient (Wildman–Crippen LogP) is 6.17. The summed E-state index contributed by atoms with van der Waals surface area (Å²) in [5, 5.41) is 10.9. The summed E-state index contributed by atoms with van der Waals surface area (Å²) in [7, 11) is 0. The molecular formula is C28H19F6N3O3. The fourth-order valence-corrected chi connectivity index (χ4v) is 3.48. The Kier molecular flexibility index (Phi) is 9.11. The number of benzene rings is 2. The maximum absolute atomic E-state index is 13.2. The number of hydrogen-bond donors (Lipinski definition) is 2. The number of nitrogens with zero attached hydrogens (tertiary/aromatic N) is 2. The third-order valence-electron chi connectivity index (χ3n) is 5.33. The molecule has 40 heavy (non-hydrogen) atoms. The van der Waals surface area contributed by atoms with E-state index in [2.05, 4.69) is 27.1 Å². The van der Waals surface area contributed by atoms with Crippen LogP contribution in [0.25, 0.3) is 10.9 Å². The molecule has 206 valence electrons. The molecule has 0 spiro atoms. The molecule has 4 rings (SSSR count). The van der Waals surface area contributed by atoms with Gasteiger partial charge >= 0.3 is 18.3 Å². The van der Waals surface area contributed by atoms with Crippen LogP contribution in [0.4, 0.5) is 26.3 Å². The lowest BCUT2D eigenvalue weighted by molar-refractivity contribution is -0.192. The Morgan fingerprint density at radius 1 is 0.900 bits per heavy atom. The number of amides is 1. The third-order valence-corrected chi connectivity index (χ3v) is 5.33. The van der Waals surface area contributed by atoms with Crippen molar-refractivity contribution in [2.75, 3.05) is 0 Å². The zero-order valence-corrected chi connectivity index (χ0v) is 20.5. The molecule has 12 heteroatoms. The third kappa shape index (κ3) is 7.57. The maximum atomic E-state index is 13.2. The number of pyridine rings is 2. The van der Waals surface area contributed by atoms with Crippen LogP contribution in [0.1, 0.15) is 45.7 Å². The van der Waals surface area contributed by atoms with Crippen molar-refractivity contribution in [3.05, 3.63) is 107 Å². The average Bonchev–Trinajstić information content (AvgIpc) is 2.91. The Labute approximate surface area is 223 Å². The zero-order chi connectivity index (χ0) is 29.5. The van der Waals surface area contributed by atoms with Crippen LogP contribution in [-0.4, -0.2) is 33.1 Å². The maximum Gasteiger partial charge on any atom is 0.490 e. The van der Waals surface area contributed by atoms with Gasteiger partial charge in [-0.3, -0.25) is 14.8 Å². The summed E-state index contributed by atoms with van der Waals surface area (Å²) in [6.07, 6.45) is -6.35. The summed E-state index contributed by atoms with van der Waals surface area (Å²) in [6, 6.07) is 16.1. The number of carbonyl (C=O) groups excluding carboxylic acids is 1. The molecule has 2 aromatic heterocycles. The van der Waals surface area contributed by atoms with Gasteiger partial charge in [-0.05, 0) is 55.0 Å². The van der Waals surface area contributed by atoms with E-state index in [4.69, 9.17) is 9.90 Å². The highest BCUT2D eigenvalue weighted by molar-refractivity contribution is 5.98. The summed E-state index contributed by atoms with van der Waals surface area (Å²) >= 11 is 0. The molecule has 0 fully saturated rings. The molecule has 2 N–H and O–H groups in total. The van der Waals surface area contributed by atoms with Crippen molar-refractivity contribution in [2.24, 2.45) is 0 Å². The van der Waals surface area contributed by atoms with E-state index in [0.717, 1.165) is 17.5 Å². The van der Waals surface area contributed by atoms with Gasteiger partial charge in [-0.1, -0.05) is 30.2 Å². The second-order valence-electron chi connectivity index (χ2n) is 8.05. The normalized spacial score (nSPS) is 11.9. The first-order valence-electron chi connectivity index (χ1n) is 11.3. The van der Waals surface area contributed by atoms with Gasteiger partial charge in [0.1, 0.15) is 0 Å². The number of halogens is 6. The van der Waals surface area contributed by atoms with Crippen molar-refractivity contribution in [2.45, 2.75) is 25.3 Å². The first kappa shape index (κ1) is 29.6. The lowest BCUT2D eigenvalue weighted by atomic mass is 9.97. The number of hydrogen-bond acceptors (Lipinski definition) is 4. The minimum atomic E-state index is -5.08. The van der Waals surface area contributed by atoms with E-state index in [1.165, 1.54) is 12.1 Å². The van der Waals surface area contributed by atoms with Gasteiger partial charge in [0.15, 0.2) is 0 Å². The van der Waals surface area contributed by atoms with Crippen molar-refractivity contribution < 1.29 is 41.0 Å². The molecule has 0 saturated carbocycles. The highest BCUT2D eigenvalue weighted by Crippen LogP contribution is 2.31. The first-order chi connectivity index (χ1) is 18.8. The number of nitrogens with one attached hydrogen (secondary N) is 1. The fraction of sp³-hybridized carbons (Fsp3) is 0.143. The molecular weight excluding hydrogens is 540 g/mol. The SMILES string of the molecule is CC#Cc1cccnc1[C@@H](NC(=O)c1ccc2cccnc2c1)c1ccc(C(F)(F)F)cc1.O=C(O)C(F)(F)F. The molecule has 0 bridgehead atoms. The van der Waals surface area contributed by atoms with Crippen molar-refractivity contribution in [3.63, 3.8) is 0 Å². The second-order valence-corrected chi connectivity index (χ2v) is 8.05. The zero-order valence-electron chi connectivity index (χ0n) is 20.5. The van der Waals surface area contributed by atoms with Gasteiger partial charge in [0.25, 0.3) is 5.91 Å². The Balaban J connectivity index is 0.000000559. The number of aromatic nitrogens is 2. The molecule has 0 aliphatic carbocycles. The number of fused-ring (bicyclic) bond motifs is 1. The molecule has 1 atom stereocenters. The molecule has 0 saturated heterocycles. The van der Waals surface area contributed by atoms with Crippen LogP contribution < -0.4 is 5.32 Å². The number of aliphatic carboxylic acids is 1. The van der Waals surface area contributed by atoms with E-state index in [0.29, 0.717) is 27.9 Å². The van der Waals surface area contributed by atoms with Gasteiger partial charge in [0.2, 0.25) is 0 Å². The highest BCUT2D eigenvalue weighted by Gasteiger charge is 2.38. The van der Waals surface area contributed by atoms with Crippen LogP contribution in [0.15, 0.2) is 79.1 Å². The summed E-state index contributed by atoms with van der Waals surface area (Å²) < 4.78 is 70.9. The van der Waals surface area contributed by atoms with E-state index in [1.54, 1.807) is 55.7 Å². The Morgan fingerprint density at radius 3 is 2.12 bits per heavy atom. The van der Waals surface area contributed by atoms with E-state index >= 15 is 0 Å². The molecule has 1 amide bonds. The smallest absolute Gasteiger partial charge is 0.475 e. The summed E-state index contributed by atoms with van der Waals surface area (Å²) in [5.41, 5.74) is 1.73. The molecule has 0 unspecified atom stereocenters. The van der Waals surface area contributed by atoms with Crippen molar-refractivity contribution >= 4 is 22.8 Å². The number of carboxylic acid groups (broad SMARTS) is 1. The monoisotopic (exact) mass is 559 g/mol. The molecule has 0 aliphatic rings. The van der Waals surface area contributed by atoms with E-state index in [1.807, 2.05) is 6.07 Å². The van der Waals surface area contributed by atoms with Gasteiger partial charge in [-0.2, -0.15) is 26.3 Å². The first-order valence-corrected chi connectivity index (χ1v) is 11.3. The summed E-state index contributed by atoms with van der Waals surface area (Å²) in [6.45, 7) is 1.67. The number of alkyl halides is 6. The van der Waals surface area contributed by atoms with Crippen LogP contribution >= 0.6 is 0 Å². The van der Waals surface area contributed by atoms with Gasteiger partial charge < -0.3 is 10.4 Å². The fourth-order valence-electron chi connectivity index (χ4n) is 3.48. The van der Waals surface area contributed by atoms with Crippen molar-refractivity contribution in [3.8, 4) is 11.8 Å². The molecule has 4 aromatic rings. The molecule has 6 nitrogen and oxygen atoms in total. The average molecular weight is 559 g/mol. The largest absolute Gasteiger partial charge is 0.490 e. The predicted molar refractivity (Wildman–Crippen MR) is 133 cm³/mol. The van der Waals surface area contributed by atoms with Crippen molar-refractivity contribution in [1.82, 2.24) is 15.3 Å². The number of carboxylic acids is 1. The van der Waals surface area contributed by atoms with Gasteiger partial charge in [-0.15, -0.1) is 5.92 Å². The topological polar surface area (TPSA) is 92.2 Å².